The lowest BCUT2D eigenvalue weighted by atomic mass is 10.2. The second-order valence-electron chi connectivity index (χ2n) is 6.62. The summed E-state index contributed by atoms with van der Waals surface area (Å²) in [6.07, 6.45) is 2.28. The maximum atomic E-state index is 12.0. The monoisotopic (exact) mass is 514 g/mol. The van der Waals surface area contributed by atoms with E-state index < -0.39 is 0 Å². The number of hydrogen-bond donors (Lipinski definition) is 3. The molecule has 1 unspecified atom stereocenters. The van der Waals surface area contributed by atoms with Gasteiger partial charge in [-0.25, -0.2) is 0 Å². The molecule has 2 aromatic rings. The van der Waals surface area contributed by atoms with Crippen molar-refractivity contribution in [1.82, 2.24) is 16.0 Å². The Labute approximate surface area is 189 Å². The van der Waals surface area contributed by atoms with E-state index in [4.69, 9.17) is 9.15 Å². The summed E-state index contributed by atoms with van der Waals surface area (Å²) in [4.78, 5) is 16.2. The molecule has 3 N–H and O–H groups in total. The number of nitrogens with zero attached hydrogens (tertiary/aromatic N) is 1. The molecular formula is C21H31IN4O3. The van der Waals surface area contributed by atoms with Crippen LogP contribution in [0.5, 0.6) is 5.75 Å². The molecule has 0 radical (unpaired) electrons. The van der Waals surface area contributed by atoms with Gasteiger partial charge in [0.15, 0.2) is 11.7 Å². The summed E-state index contributed by atoms with van der Waals surface area (Å²) in [5.74, 6) is 1.77. The van der Waals surface area contributed by atoms with Crippen molar-refractivity contribution >= 4 is 35.8 Å². The average molecular weight is 514 g/mol. The van der Waals surface area contributed by atoms with Gasteiger partial charge < -0.3 is 25.1 Å². The predicted molar refractivity (Wildman–Crippen MR) is 126 cm³/mol. The van der Waals surface area contributed by atoms with E-state index in [1.54, 1.807) is 13.1 Å². The molecule has 0 bridgehead atoms. The molecule has 1 aromatic heterocycles. The van der Waals surface area contributed by atoms with E-state index in [2.05, 4.69) is 20.9 Å². The van der Waals surface area contributed by atoms with Crippen LogP contribution < -0.4 is 20.7 Å². The third kappa shape index (κ3) is 8.35. The van der Waals surface area contributed by atoms with Crippen molar-refractivity contribution in [2.24, 2.45) is 4.99 Å². The minimum absolute atomic E-state index is 0. The van der Waals surface area contributed by atoms with Crippen LogP contribution in [0.1, 0.15) is 35.0 Å². The Morgan fingerprint density at radius 3 is 2.48 bits per heavy atom. The molecule has 2 rings (SSSR count). The Bertz CT molecular complexity index is 792. The Morgan fingerprint density at radius 2 is 1.83 bits per heavy atom. The van der Waals surface area contributed by atoms with Crippen LogP contribution in [0.15, 0.2) is 46.0 Å². The molecular weight excluding hydrogens is 483 g/mol. The molecule has 0 aliphatic carbocycles. The molecule has 0 saturated carbocycles. The lowest BCUT2D eigenvalue weighted by molar-refractivity contribution is 0.0925. The van der Waals surface area contributed by atoms with Gasteiger partial charge in [-0.3, -0.25) is 9.79 Å². The Morgan fingerprint density at radius 1 is 1.10 bits per heavy atom. The van der Waals surface area contributed by atoms with Crippen molar-refractivity contribution in [3.8, 4) is 5.75 Å². The second kappa shape index (κ2) is 13.1. The van der Waals surface area contributed by atoms with Gasteiger partial charge in [-0.1, -0.05) is 18.2 Å². The molecule has 1 atom stereocenters. The number of aliphatic imine (C=N–C) groups is 1. The van der Waals surface area contributed by atoms with E-state index in [-0.39, 0.29) is 36.0 Å². The van der Waals surface area contributed by atoms with Crippen LogP contribution in [-0.4, -0.2) is 44.7 Å². The highest BCUT2D eigenvalue weighted by Crippen LogP contribution is 2.17. The van der Waals surface area contributed by atoms with Crippen LogP contribution in [0.4, 0.5) is 0 Å². The number of halogens is 1. The van der Waals surface area contributed by atoms with E-state index in [0.29, 0.717) is 31.4 Å². The highest BCUT2D eigenvalue weighted by atomic mass is 127. The van der Waals surface area contributed by atoms with Crippen LogP contribution in [0, 0.1) is 13.8 Å². The quantitative estimate of drug-likeness (QED) is 0.207. The molecule has 0 spiro atoms. The van der Waals surface area contributed by atoms with Gasteiger partial charge in [-0.2, -0.15) is 0 Å². The van der Waals surface area contributed by atoms with Crippen molar-refractivity contribution < 1.29 is 13.9 Å². The molecule has 1 amide bonds. The van der Waals surface area contributed by atoms with Gasteiger partial charge in [0.25, 0.3) is 5.91 Å². The number of carbonyl (C=O) groups is 1. The Balaban J connectivity index is 0.00000420. The number of benzene rings is 1. The van der Waals surface area contributed by atoms with Gasteiger partial charge in [-0.05, 0) is 44.9 Å². The van der Waals surface area contributed by atoms with Crippen molar-refractivity contribution in [2.75, 3.05) is 26.7 Å². The smallest absolute Gasteiger partial charge is 0.287 e. The van der Waals surface area contributed by atoms with Crippen LogP contribution in [0.25, 0.3) is 0 Å². The standard InChI is InChI=1S/C21H30N4O3.HI/c1-15-8-5-6-9-18(15)28-17(3)14-25-21(22-4)24-12-7-11-23-20(26)19-16(2)10-13-27-19;/h5-6,8-10,13,17H,7,11-12,14H2,1-4H3,(H,23,26)(H2,22,24,25);1H. The zero-order valence-electron chi connectivity index (χ0n) is 17.5. The maximum absolute atomic E-state index is 12.0. The van der Waals surface area contributed by atoms with E-state index in [1.807, 2.05) is 45.0 Å². The van der Waals surface area contributed by atoms with Gasteiger partial charge >= 0.3 is 0 Å². The molecule has 1 heterocycles. The molecule has 7 nitrogen and oxygen atoms in total. The lowest BCUT2D eigenvalue weighted by Gasteiger charge is -2.18. The molecule has 8 heteroatoms. The Kier molecular flexibility index (Phi) is 11.2. The molecule has 1 aromatic carbocycles. The number of furan rings is 1. The number of rotatable bonds is 9. The first-order chi connectivity index (χ1) is 13.5. The number of ether oxygens (including phenoxy) is 1. The van der Waals surface area contributed by atoms with Crippen LogP contribution in [0.3, 0.4) is 0 Å². The third-order valence-electron chi connectivity index (χ3n) is 4.20. The van der Waals surface area contributed by atoms with Crippen molar-refractivity contribution in [3.05, 3.63) is 53.5 Å². The fraction of sp³-hybridized carbons (Fsp3) is 0.429. The van der Waals surface area contributed by atoms with E-state index in [0.717, 1.165) is 23.3 Å². The summed E-state index contributed by atoms with van der Waals surface area (Å²) in [7, 11) is 1.73. The van der Waals surface area contributed by atoms with Crippen molar-refractivity contribution in [2.45, 2.75) is 33.3 Å². The average Bonchev–Trinajstić information content (AvgIpc) is 3.11. The largest absolute Gasteiger partial charge is 0.489 e. The highest BCUT2D eigenvalue weighted by Gasteiger charge is 2.11. The SMILES string of the molecule is CN=C(NCCCNC(=O)c1occc1C)NCC(C)Oc1ccccc1C.I. The minimum Gasteiger partial charge on any atom is -0.489 e. The lowest BCUT2D eigenvalue weighted by Crippen LogP contribution is -2.42. The second-order valence-corrected chi connectivity index (χ2v) is 6.62. The Hall–Kier alpha value is -2.23. The molecule has 0 fully saturated rings. The topological polar surface area (TPSA) is 87.9 Å². The van der Waals surface area contributed by atoms with E-state index >= 15 is 0 Å². The number of hydrogen-bond acceptors (Lipinski definition) is 4. The molecule has 160 valence electrons. The first-order valence-electron chi connectivity index (χ1n) is 9.50. The predicted octanol–water partition coefficient (Wildman–Crippen LogP) is 3.27. The van der Waals surface area contributed by atoms with Crippen molar-refractivity contribution in [1.29, 1.82) is 0 Å². The summed E-state index contributed by atoms with van der Waals surface area (Å²) in [6.45, 7) is 7.75. The fourth-order valence-electron chi connectivity index (χ4n) is 2.59. The molecule has 0 aliphatic heterocycles. The van der Waals surface area contributed by atoms with Gasteiger partial charge in [0.2, 0.25) is 0 Å². The summed E-state index contributed by atoms with van der Waals surface area (Å²) in [5.41, 5.74) is 1.95. The van der Waals surface area contributed by atoms with Crippen LogP contribution >= 0.6 is 24.0 Å². The van der Waals surface area contributed by atoms with Crippen LogP contribution in [-0.2, 0) is 0 Å². The third-order valence-corrected chi connectivity index (χ3v) is 4.20. The minimum atomic E-state index is -0.188. The molecule has 0 saturated heterocycles. The van der Waals surface area contributed by atoms with Crippen molar-refractivity contribution in [3.63, 3.8) is 0 Å². The number of nitrogens with one attached hydrogen (secondary N) is 3. The summed E-state index contributed by atoms with van der Waals surface area (Å²) in [6, 6.07) is 9.74. The molecule has 29 heavy (non-hydrogen) atoms. The summed E-state index contributed by atoms with van der Waals surface area (Å²) >= 11 is 0. The van der Waals surface area contributed by atoms with Gasteiger partial charge in [0.05, 0.1) is 12.8 Å². The molecule has 0 aliphatic rings. The maximum Gasteiger partial charge on any atom is 0.287 e. The first kappa shape index (κ1) is 24.8. The van der Waals surface area contributed by atoms with Gasteiger partial charge in [0, 0.05) is 25.7 Å². The number of guanidine groups is 1. The van der Waals surface area contributed by atoms with E-state index in [9.17, 15) is 4.79 Å². The normalized spacial score (nSPS) is 11.9. The van der Waals surface area contributed by atoms with Crippen LogP contribution in [0.2, 0.25) is 0 Å². The number of aryl methyl sites for hydroxylation is 2. The van der Waals surface area contributed by atoms with Gasteiger partial charge in [-0.15, -0.1) is 24.0 Å². The fourth-order valence-corrected chi connectivity index (χ4v) is 2.59. The first-order valence-corrected chi connectivity index (χ1v) is 9.50. The van der Waals surface area contributed by atoms with E-state index in [1.165, 1.54) is 6.26 Å². The number of carbonyl (C=O) groups excluding carboxylic acids is 1. The zero-order chi connectivity index (χ0) is 20.4. The number of amides is 1. The van der Waals surface area contributed by atoms with Gasteiger partial charge in [0.1, 0.15) is 11.9 Å². The zero-order valence-corrected chi connectivity index (χ0v) is 19.8. The highest BCUT2D eigenvalue weighted by molar-refractivity contribution is 14.0. The summed E-state index contributed by atoms with van der Waals surface area (Å²) in [5, 5.41) is 9.33. The summed E-state index contributed by atoms with van der Waals surface area (Å²) < 4.78 is 11.1. The number of para-hydroxylation sites is 1.